The maximum absolute atomic E-state index is 5.67. The number of aryl methyl sites for hydroxylation is 1. The van der Waals surface area contributed by atoms with Crippen LogP contribution in [0.3, 0.4) is 0 Å². The van der Waals surface area contributed by atoms with E-state index in [0.717, 1.165) is 34.9 Å². The van der Waals surface area contributed by atoms with Gasteiger partial charge in [-0.05, 0) is 24.6 Å². The van der Waals surface area contributed by atoms with Crippen LogP contribution in [0.4, 0.5) is 6.01 Å². The van der Waals surface area contributed by atoms with Crippen LogP contribution in [-0.4, -0.2) is 18.2 Å². The first kappa shape index (κ1) is 11.9. The van der Waals surface area contributed by atoms with Gasteiger partial charge in [0.2, 0.25) is 0 Å². The lowest BCUT2D eigenvalue weighted by molar-refractivity contribution is 0.297. The molecule has 0 unspecified atom stereocenters. The summed E-state index contributed by atoms with van der Waals surface area (Å²) < 4.78 is 16.5. The molecule has 2 N–H and O–H groups in total. The summed E-state index contributed by atoms with van der Waals surface area (Å²) in [5.41, 5.74) is 7.49. The van der Waals surface area contributed by atoms with Gasteiger partial charge in [0.1, 0.15) is 5.76 Å². The Kier molecular flexibility index (Phi) is 3.03. The minimum Gasteiger partial charge on any atom is -0.490 e. The summed E-state index contributed by atoms with van der Waals surface area (Å²) in [4.78, 5) is 4.18. The number of hydrogen-bond donors (Lipinski definition) is 1. The monoisotopic (exact) mass is 260 g/mol. The number of anilines is 1. The van der Waals surface area contributed by atoms with Crippen LogP contribution < -0.4 is 15.2 Å². The van der Waals surface area contributed by atoms with E-state index in [9.17, 15) is 0 Å². The van der Waals surface area contributed by atoms with Crippen molar-refractivity contribution in [1.29, 1.82) is 0 Å². The van der Waals surface area contributed by atoms with Crippen molar-refractivity contribution in [2.75, 3.05) is 18.9 Å². The van der Waals surface area contributed by atoms with Crippen LogP contribution in [0.25, 0.3) is 0 Å². The molecule has 0 radical (unpaired) electrons. The maximum atomic E-state index is 5.67. The van der Waals surface area contributed by atoms with E-state index < -0.39 is 0 Å². The second-order valence-electron chi connectivity index (χ2n) is 4.56. The average Bonchev–Trinajstić information content (AvgIpc) is 2.60. The van der Waals surface area contributed by atoms with Crippen molar-refractivity contribution in [3.05, 3.63) is 35.2 Å². The zero-order chi connectivity index (χ0) is 13.2. The van der Waals surface area contributed by atoms with E-state index >= 15 is 0 Å². The van der Waals surface area contributed by atoms with Gasteiger partial charge in [-0.1, -0.05) is 6.07 Å². The molecular formula is C14H16N2O3. The average molecular weight is 260 g/mol. The summed E-state index contributed by atoms with van der Waals surface area (Å²) in [5, 5.41) is 0. The summed E-state index contributed by atoms with van der Waals surface area (Å²) in [7, 11) is 0. The maximum Gasteiger partial charge on any atom is 0.292 e. The highest BCUT2D eigenvalue weighted by Crippen LogP contribution is 2.31. The van der Waals surface area contributed by atoms with Crippen LogP contribution in [0.15, 0.2) is 22.6 Å². The first-order valence-corrected chi connectivity index (χ1v) is 6.32. The standard InChI is InChI=1S/C14H16N2O3/c1-9-11(16-14(15)19-9)7-10-3-4-12-13(8-10)18-6-2-5-17-12/h3-4,8H,2,5-7H2,1H3,(H2,15,16). The van der Waals surface area contributed by atoms with Gasteiger partial charge < -0.3 is 19.6 Å². The quantitative estimate of drug-likeness (QED) is 0.897. The number of aromatic nitrogens is 1. The highest BCUT2D eigenvalue weighted by molar-refractivity contribution is 5.44. The SMILES string of the molecule is Cc1oc(N)nc1Cc1ccc2c(c1)OCCCO2. The van der Waals surface area contributed by atoms with Crippen molar-refractivity contribution in [3.8, 4) is 11.5 Å². The number of ether oxygens (including phenoxy) is 2. The lowest BCUT2D eigenvalue weighted by Crippen LogP contribution is -1.97. The van der Waals surface area contributed by atoms with Crippen molar-refractivity contribution in [2.24, 2.45) is 0 Å². The number of benzene rings is 1. The van der Waals surface area contributed by atoms with E-state index in [1.165, 1.54) is 0 Å². The number of nitrogens with zero attached hydrogens (tertiary/aromatic N) is 1. The predicted molar refractivity (Wildman–Crippen MR) is 70.5 cm³/mol. The molecule has 0 spiro atoms. The summed E-state index contributed by atoms with van der Waals surface area (Å²) in [6.45, 7) is 3.25. The van der Waals surface area contributed by atoms with E-state index in [0.29, 0.717) is 19.6 Å². The number of fused-ring (bicyclic) bond motifs is 1. The van der Waals surface area contributed by atoms with E-state index in [4.69, 9.17) is 19.6 Å². The lowest BCUT2D eigenvalue weighted by Gasteiger charge is -2.08. The Morgan fingerprint density at radius 3 is 2.74 bits per heavy atom. The summed E-state index contributed by atoms with van der Waals surface area (Å²) in [5.74, 6) is 2.35. The van der Waals surface area contributed by atoms with Crippen molar-refractivity contribution in [2.45, 2.75) is 19.8 Å². The molecule has 0 fully saturated rings. The van der Waals surface area contributed by atoms with Gasteiger partial charge in [0.15, 0.2) is 11.5 Å². The van der Waals surface area contributed by atoms with Crippen LogP contribution >= 0.6 is 0 Å². The van der Waals surface area contributed by atoms with Crippen molar-refractivity contribution >= 4 is 6.01 Å². The Labute approximate surface area is 111 Å². The number of nitrogens with two attached hydrogens (primary N) is 1. The fourth-order valence-corrected chi connectivity index (χ4v) is 2.13. The molecule has 5 heteroatoms. The van der Waals surface area contributed by atoms with Crippen LogP contribution in [0.5, 0.6) is 11.5 Å². The van der Waals surface area contributed by atoms with Gasteiger partial charge in [-0.15, -0.1) is 0 Å². The molecule has 0 atom stereocenters. The molecule has 100 valence electrons. The Bertz CT molecular complexity index is 592. The highest BCUT2D eigenvalue weighted by atomic mass is 16.5. The smallest absolute Gasteiger partial charge is 0.292 e. The van der Waals surface area contributed by atoms with Crippen molar-refractivity contribution < 1.29 is 13.9 Å². The molecule has 1 aliphatic rings. The minimum atomic E-state index is 0.210. The first-order chi connectivity index (χ1) is 9.22. The minimum absolute atomic E-state index is 0.210. The number of hydrogen-bond acceptors (Lipinski definition) is 5. The third kappa shape index (κ3) is 2.50. The molecule has 0 saturated heterocycles. The van der Waals surface area contributed by atoms with E-state index in [1.807, 2.05) is 25.1 Å². The Morgan fingerprint density at radius 2 is 2.00 bits per heavy atom. The predicted octanol–water partition coefficient (Wildman–Crippen LogP) is 2.32. The third-order valence-corrected chi connectivity index (χ3v) is 3.09. The molecule has 0 saturated carbocycles. The molecule has 1 aromatic carbocycles. The van der Waals surface area contributed by atoms with E-state index in [1.54, 1.807) is 0 Å². The number of nitrogen functional groups attached to an aromatic ring is 1. The fraction of sp³-hybridized carbons (Fsp3) is 0.357. The molecule has 1 aromatic heterocycles. The molecule has 19 heavy (non-hydrogen) atoms. The lowest BCUT2D eigenvalue weighted by atomic mass is 10.1. The van der Waals surface area contributed by atoms with Crippen LogP contribution in [0.2, 0.25) is 0 Å². The Balaban J connectivity index is 1.86. The molecule has 0 aliphatic carbocycles. The molecule has 2 aromatic rings. The molecule has 0 bridgehead atoms. The van der Waals surface area contributed by atoms with Gasteiger partial charge in [0, 0.05) is 12.8 Å². The summed E-state index contributed by atoms with van der Waals surface area (Å²) >= 11 is 0. The van der Waals surface area contributed by atoms with Gasteiger partial charge in [-0.25, -0.2) is 0 Å². The second-order valence-corrected chi connectivity index (χ2v) is 4.56. The molecule has 0 amide bonds. The molecule has 3 rings (SSSR count). The van der Waals surface area contributed by atoms with Crippen LogP contribution in [0, 0.1) is 6.92 Å². The van der Waals surface area contributed by atoms with Crippen LogP contribution in [0.1, 0.15) is 23.4 Å². The van der Waals surface area contributed by atoms with Crippen LogP contribution in [-0.2, 0) is 6.42 Å². The molecular weight excluding hydrogens is 244 g/mol. The molecule has 1 aliphatic heterocycles. The van der Waals surface area contributed by atoms with Gasteiger partial charge in [-0.3, -0.25) is 0 Å². The van der Waals surface area contributed by atoms with Crippen molar-refractivity contribution in [3.63, 3.8) is 0 Å². The molecule has 5 nitrogen and oxygen atoms in total. The number of rotatable bonds is 2. The van der Waals surface area contributed by atoms with Gasteiger partial charge in [0.05, 0.1) is 18.9 Å². The topological polar surface area (TPSA) is 70.5 Å². The third-order valence-electron chi connectivity index (χ3n) is 3.09. The first-order valence-electron chi connectivity index (χ1n) is 6.32. The largest absolute Gasteiger partial charge is 0.490 e. The molecule has 2 heterocycles. The van der Waals surface area contributed by atoms with E-state index in [2.05, 4.69) is 4.98 Å². The number of oxazole rings is 1. The van der Waals surface area contributed by atoms with Gasteiger partial charge in [-0.2, -0.15) is 4.98 Å². The van der Waals surface area contributed by atoms with Gasteiger partial charge in [0.25, 0.3) is 6.01 Å². The fourth-order valence-electron chi connectivity index (χ4n) is 2.13. The normalized spacial score (nSPS) is 14.2. The van der Waals surface area contributed by atoms with E-state index in [-0.39, 0.29) is 6.01 Å². The summed E-state index contributed by atoms with van der Waals surface area (Å²) in [6, 6.07) is 6.15. The Hall–Kier alpha value is -2.17. The summed E-state index contributed by atoms with van der Waals surface area (Å²) in [6.07, 6.45) is 1.58. The zero-order valence-corrected chi connectivity index (χ0v) is 10.8. The van der Waals surface area contributed by atoms with Crippen molar-refractivity contribution in [1.82, 2.24) is 4.98 Å². The Morgan fingerprint density at radius 1 is 1.21 bits per heavy atom. The highest BCUT2D eigenvalue weighted by Gasteiger charge is 2.13. The second kappa shape index (κ2) is 4.84. The van der Waals surface area contributed by atoms with Gasteiger partial charge >= 0.3 is 0 Å². The zero-order valence-electron chi connectivity index (χ0n) is 10.8.